The van der Waals surface area contributed by atoms with Crippen LogP contribution >= 0.6 is 27.3 Å². The van der Waals surface area contributed by atoms with E-state index in [0.29, 0.717) is 3.79 Å². The number of benzene rings is 2. The molecule has 0 radical (unpaired) electrons. The summed E-state index contributed by atoms with van der Waals surface area (Å²) in [5.41, 5.74) is 1.74. The van der Waals surface area contributed by atoms with Crippen LogP contribution in [0.5, 0.6) is 5.75 Å². The highest BCUT2D eigenvalue weighted by atomic mass is 79.9. The molecule has 1 heterocycles. The molecule has 1 aromatic heterocycles. The normalized spacial score (nSPS) is 12.3. The van der Waals surface area contributed by atoms with Crippen molar-refractivity contribution in [1.82, 2.24) is 10.0 Å². The zero-order chi connectivity index (χ0) is 21.6. The quantitative estimate of drug-likeness (QED) is 0.461. The lowest BCUT2D eigenvalue weighted by molar-refractivity contribution is -0.122. The van der Waals surface area contributed by atoms with E-state index in [1.807, 2.05) is 42.5 Å². The van der Waals surface area contributed by atoms with E-state index in [9.17, 15) is 13.2 Å². The molecule has 0 fully saturated rings. The highest BCUT2D eigenvalue weighted by molar-refractivity contribution is 9.11. The SMILES string of the molecule is COc1ccc(CNC(=O)[C@@H](Cc2ccccc2)NS(=O)(=O)c2ccc(Br)s2)cc1. The molecule has 0 unspecified atom stereocenters. The molecule has 3 aromatic rings. The molecule has 2 N–H and O–H groups in total. The Morgan fingerprint density at radius 3 is 2.33 bits per heavy atom. The van der Waals surface area contributed by atoms with E-state index >= 15 is 0 Å². The van der Waals surface area contributed by atoms with E-state index in [1.165, 1.54) is 6.07 Å². The molecule has 2 aromatic carbocycles. The van der Waals surface area contributed by atoms with Gasteiger partial charge in [-0.3, -0.25) is 4.79 Å². The summed E-state index contributed by atoms with van der Waals surface area (Å²) in [6.07, 6.45) is 0.237. The van der Waals surface area contributed by atoms with Crippen molar-refractivity contribution in [1.29, 1.82) is 0 Å². The number of hydrogen-bond donors (Lipinski definition) is 2. The predicted octanol–water partition coefficient (Wildman–Crippen LogP) is 3.73. The van der Waals surface area contributed by atoms with Crippen molar-refractivity contribution in [2.75, 3.05) is 7.11 Å². The largest absolute Gasteiger partial charge is 0.497 e. The molecule has 0 aliphatic rings. The monoisotopic (exact) mass is 508 g/mol. The lowest BCUT2D eigenvalue weighted by Gasteiger charge is -2.18. The molecule has 158 valence electrons. The maximum absolute atomic E-state index is 12.9. The van der Waals surface area contributed by atoms with Crippen molar-refractivity contribution in [3.63, 3.8) is 0 Å². The first-order valence-electron chi connectivity index (χ1n) is 9.09. The summed E-state index contributed by atoms with van der Waals surface area (Å²) in [5, 5.41) is 2.82. The fourth-order valence-corrected chi connectivity index (χ4v) is 6.00. The molecule has 0 aliphatic carbocycles. The predicted molar refractivity (Wildman–Crippen MR) is 121 cm³/mol. The number of rotatable bonds is 9. The minimum Gasteiger partial charge on any atom is -0.497 e. The zero-order valence-electron chi connectivity index (χ0n) is 16.2. The highest BCUT2D eigenvalue weighted by Crippen LogP contribution is 2.26. The van der Waals surface area contributed by atoms with Crippen LogP contribution in [0.1, 0.15) is 11.1 Å². The standard InChI is InChI=1S/C21H21BrN2O4S2/c1-28-17-9-7-16(8-10-17)14-23-21(25)18(13-15-5-3-2-4-6-15)24-30(26,27)20-12-11-19(22)29-20/h2-12,18,24H,13-14H2,1H3,(H,23,25)/t18-/m1/s1. The summed E-state index contributed by atoms with van der Waals surface area (Å²) in [4.78, 5) is 12.9. The van der Waals surface area contributed by atoms with Gasteiger partial charge < -0.3 is 10.1 Å². The van der Waals surface area contributed by atoms with Crippen LogP contribution in [-0.4, -0.2) is 27.5 Å². The Balaban J connectivity index is 1.74. The van der Waals surface area contributed by atoms with Crippen LogP contribution in [0.4, 0.5) is 0 Å². The third kappa shape index (κ3) is 6.15. The summed E-state index contributed by atoms with van der Waals surface area (Å²) < 4.78 is 34.1. The minimum absolute atomic E-state index is 0.149. The van der Waals surface area contributed by atoms with E-state index in [4.69, 9.17) is 4.74 Å². The maximum Gasteiger partial charge on any atom is 0.250 e. The average molecular weight is 509 g/mol. The molecule has 0 aliphatic heterocycles. The number of amides is 1. The van der Waals surface area contributed by atoms with E-state index in [-0.39, 0.29) is 17.2 Å². The van der Waals surface area contributed by atoms with Gasteiger partial charge in [-0.15, -0.1) is 11.3 Å². The van der Waals surface area contributed by atoms with Crippen LogP contribution in [0.15, 0.2) is 74.7 Å². The summed E-state index contributed by atoms with van der Waals surface area (Å²) in [7, 11) is -2.25. The summed E-state index contributed by atoms with van der Waals surface area (Å²) in [6.45, 7) is 0.278. The van der Waals surface area contributed by atoms with Gasteiger partial charge in [-0.1, -0.05) is 42.5 Å². The van der Waals surface area contributed by atoms with Crippen molar-refractivity contribution >= 4 is 43.2 Å². The maximum atomic E-state index is 12.9. The lowest BCUT2D eigenvalue weighted by atomic mass is 10.1. The lowest BCUT2D eigenvalue weighted by Crippen LogP contribution is -2.47. The molecule has 9 heteroatoms. The first-order chi connectivity index (χ1) is 14.4. The summed E-state index contributed by atoms with van der Waals surface area (Å²) >= 11 is 4.36. The number of carbonyl (C=O) groups excluding carboxylic acids is 1. The van der Waals surface area contributed by atoms with Crippen molar-refractivity contribution in [3.8, 4) is 5.75 Å². The molecule has 0 saturated carbocycles. The van der Waals surface area contributed by atoms with E-state index in [2.05, 4.69) is 26.0 Å². The van der Waals surface area contributed by atoms with E-state index in [1.54, 1.807) is 25.3 Å². The van der Waals surface area contributed by atoms with Gasteiger partial charge in [-0.25, -0.2) is 8.42 Å². The molecule has 0 bridgehead atoms. The Morgan fingerprint density at radius 1 is 1.03 bits per heavy atom. The number of methoxy groups -OCH3 is 1. The van der Waals surface area contributed by atoms with Crippen LogP contribution < -0.4 is 14.8 Å². The molecular formula is C21H21BrN2O4S2. The number of ether oxygens (including phenoxy) is 1. The summed E-state index contributed by atoms with van der Waals surface area (Å²) in [6, 6.07) is 18.8. The fourth-order valence-electron chi connectivity index (χ4n) is 2.78. The Morgan fingerprint density at radius 2 is 1.73 bits per heavy atom. The first-order valence-corrected chi connectivity index (χ1v) is 12.2. The van der Waals surface area contributed by atoms with Crippen LogP contribution in [0.2, 0.25) is 0 Å². The number of sulfonamides is 1. The van der Waals surface area contributed by atoms with Gasteiger partial charge in [-0.2, -0.15) is 4.72 Å². The van der Waals surface area contributed by atoms with Gasteiger partial charge >= 0.3 is 0 Å². The van der Waals surface area contributed by atoms with Crippen LogP contribution in [-0.2, 0) is 27.8 Å². The summed E-state index contributed by atoms with van der Waals surface area (Å²) in [5.74, 6) is 0.329. The van der Waals surface area contributed by atoms with Gasteiger partial charge in [0.25, 0.3) is 10.0 Å². The van der Waals surface area contributed by atoms with Crippen LogP contribution in [0.3, 0.4) is 0 Å². The second-order valence-electron chi connectivity index (χ2n) is 6.49. The van der Waals surface area contributed by atoms with Gasteiger partial charge in [0.15, 0.2) is 0 Å². The van der Waals surface area contributed by atoms with Crippen molar-refractivity contribution in [2.45, 2.75) is 23.2 Å². The topological polar surface area (TPSA) is 84.5 Å². The van der Waals surface area contributed by atoms with E-state index < -0.39 is 22.0 Å². The second-order valence-corrected chi connectivity index (χ2v) is 10.9. The second kappa shape index (κ2) is 10.2. The smallest absolute Gasteiger partial charge is 0.250 e. The zero-order valence-corrected chi connectivity index (χ0v) is 19.4. The van der Waals surface area contributed by atoms with Gasteiger partial charge in [0.1, 0.15) is 16.0 Å². The molecule has 1 atom stereocenters. The number of thiophene rings is 1. The first kappa shape index (κ1) is 22.5. The molecular weight excluding hydrogens is 488 g/mol. The minimum atomic E-state index is -3.83. The molecule has 1 amide bonds. The fraction of sp³-hybridized carbons (Fsp3) is 0.190. The van der Waals surface area contributed by atoms with Crippen molar-refractivity contribution in [3.05, 3.63) is 81.6 Å². The third-order valence-corrected chi connectivity index (χ3v) is 7.92. The Bertz CT molecular complexity index is 1080. The molecule has 3 rings (SSSR count). The van der Waals surface area contributed by atoms with Crippen LogP contribution in [0.25, 0.3) is 0 Å². The molecule has 0 saturated heterocycles. The highest BCUT2D eigenvalue weighted by Gasteiger charge is 2.27. The number of carbonyl (C=O) groups is 1. The van der Waals surface area contributed by atoms with E-state index in [0.717, 1.165) is 28.2 Å². The molecule has 30 heavy (non-hydrogen) atoms. The Kier molecular flexibility index (Phi) is 7.65. The van der Waals surface area contributed by atoms with Gasteiger partial charge in [0.05, 0.1) is 10.9 Å². The number of halogens is 1. The van der Waals surface area contributed by atoms with Crippen LogP contribution in [0, 0.1) is 0 Å². The number of hydrogen-bond acceptors (Lipinski definition) is 5. The van der Waals surface area contributed by atoms with Crippen molar-refractivity contribution < 1.29 is 17.9 Å². The third-order valence-electron chi connectivity index (χ3n) is 4.34. The number of nitrogens with one attached hydrogen (secondary N) is 2. The van der Waals surface area contributed by atoms with Gasteiger partial charge in [0.2, 0.25) is 5.91 Å². The van der Waals surface area contributed by atoms with Crippen molar-refractivity contribution in [2.24, 2.45) is 0 Å². The van der Waals surface area contributed by atoms with Gasteiger partial charge in [-0.05, 0) is 57.7 Å². The van der Waals surface area contributed by atoms with Gasteiger partial charge in [0, 0.05) is 6.54 Å². The average Bonchev–Trinajstić information content (AvgIpc) is 3.20. The Hall–Kier alpha value is -2.20. The Labute approximate surface area is 188 Å². The molecule has 6 nitrogen and oxygen atoms in total. The molecule has 0 spiro atoms.